The maximum Gasteiger partial charge on any atom is 0.239 e. The fourth-order valence-electron chi connectivity index (χ4n) is 6.12. The summed E-state index contributed by atoms with van der Waals surface area (Å²) in [6, 6.07) is -0.312. The summed E-state index contributed by atoms with van der Waals surface area (Å²) in [6.07, 6.45) is 9.04. The minimum absolute atomic E-state index is 0.164. The molecule has 2 N–H and O–H groups in total. The van der Waals surface area contributed by atoms with Gasteiger partial charge in [-0.15, -0.1) is 0 Å². The van der Waals surface area contributed by atoms with E-state index in [4.69, 9.17) is 5.73 Å². The van der Waals surface area contributed by atoms with Crippen LogP contribution < -0.4 is 5.73 Å². The standard InChI is InChI=1S/C25H44N6O3/c26-24(22-4-2-1-3-5-22)25(34)31-16-10-28(11-17-31)18-21-6-8-27(9-7-21)19-23(33)30-14-12-29(20-32)13-15-30/h20-22,24H,1-19,26H2. The summed E-state index contributed by atoms with van der Waals surface area (Å²) in [5, 5.41) is 0. The molecule has 3 heterocycles. The van der Waals surface area contributed by atoms with Gasteiger partial charge in [-0.2, -0.15) is 0 Å². The molecule has 34 heavy (non-hydrogen) atoms. The van der Waals surface area contributed by atoms with Crippen LogP contribution in [0.15, 0.2) is 0 Å². The Morgan fingerprint density at radius 2 is 1.38 bits per heavy atom. The molecule has 0 bridgehead atoms. The van der Waals surface area contributed by atoms with Gasteiger partial charge in [0, 0.05) is 58.9 Å². The molecule has 0 spiro atoms. The fourth-order valence-corrected chi connectivity index (χ4v) is 6.12. The van der Waals surface area contributed by atoms with E-state index < -0.39 is 0 Å². The molecule has 9 heteroatoms. The van der Waals surface area contributed by atoms with Crippen LogP contribution in [0.25, 0.3) is 0 Å². The first kappa shape index (κ1) is 25.4. The summed E-state index contributed by atoms with van der Waals surface area (Å²) in [5.74, 6) is 1.39. The predicted molar refractivity (Wildman–Crippen MR) is 131 cm³/mol. The Morgan fingerprint density at radius 1 is 0.765 bits per heavy atom. The highest BCUT2D eigenvalue weighted by Gasteiger charge is 2.32. The maximum atomic E-state index is 12.9. The van der Waals surface area contributed by atoms with Gasteiger partial charge < -0.3 is 20.4 Å². The van der Waals surface area contributed by atoms with Gasteiger partial charge in [-0.05, 0) is 50.6 Å². The maximum absolute atomic E-state index is 12.9. The molecule has 0 aromatic heterocycles. The molecule has 4 fully saturated rings. The summed E-state index contributed by atoms with van der Waals surface area (Å²) < 4.78 is 0. The van der Waals surface area contributed by atoms with Crippen LogP contribution in [-0.4, -0.2) is 127 Å². The highest BCUT2D eigenvalue weighted by molar-refractivity contribution is 5.82. The molecule has 3 amide bonds. The van der Waals surface area contributed by atoms with Crippen LogP contribution in [0.4, 0.5) is 0 Å². The van der Waals surface area contributed by atoms with Gasteiger partial charge in [-0.25, -0.2) is 0 Å². The van der Waals surface area contributed by atoms with Crippen molar-refractivity contribution in [3.05, 3.63) is 0 Å². The van der Waals surface area contributed by atoms with Crippen molar-refractivity contribution in [1.29, 1.82) is 0 Å². The Bertz CT molecular complexity index is 676. The summed E-state index contributed by atoms with van der Waals surface area (Å²) in [5.41, 5.74) is 6.36. The normalized spacial score (nSPS) is 25.4. The first-order valence-electron chi connectivity index (χ1n) is 13.5. The van der Waals surface area contributed by atoms with Gasteiger partial charge in [-0.3, -0.25) is 24.2 Å². The van der Waals surface area contributed by atoms with Gasteiger partial charge in [0.1, 0.15) is 0 Å². The van der Waals surface area contributed by atoms with Crippen molar-refractivity contribution in [3.63, 3.8) is 0 Å². The Kier molecular flexibility index (Phi) is 9.19. The van der Waals surface area contributed by atoms with Crippen molar-refractivity contribution >= 4 is 18.2 Å². The molecule has 1 aliphatic carbocycles. The van der Waals surface area contributed by atoms with Gasteiger partial charge in [0.05, 0.1) is 12.6 Å². The number of hydrogen-bond donors (Lipinski definition) is 1. The molecule has 0 aromatic carbocycles. The predicted octanol–water partition coefficient (Wildman–Crippen LogP) is 0.0508. The molecule has 3 saturated heterocycles. The average Bonchev–Trinajstić information content (AvgIpc) is 2.90. The lowest BCUT2D eigenvalue weighted by molar-refractivity contribution is -0.137. The molecule has 1 atom stereocenters. The van der Waals surface area contributed by atoms with Crippen molar-refractivity contribution in [2.45, 2.75) is 51.0 Å². The third kappa shape index (κ3) is 6.70. The van der Waals surface area contributed by atoms with Gasteiger partial charge >= 0.3 is 0 Å². The van der Waals surface area contributed by atoms with Gasteiger partial charge in [0.25, 0.3) is 0 Å². The van der Waals surface area contributed by atoms with Crippen LogP contribution in [0.5, 0.6) is 0 Å². The molecular formula is C25H44N6O3. The number of piperazine rings is 2. The number of amides is 3. The molecule has 1 saturated carbocycles. The zero-order chi connectivity index (χ0) is 23.9. The minimum atomic E-state index is -0.312. The van der Waals surface area contributed by atoms with E-state index >= 15 is 0 Å². The average molecular weight is 477 g/mol. The Morgan fingerprint density at radius 3 is 2.00 bits per heavy atom. The van der Waals surface area contributed by atoms with Crippen molar-refractivity contribution < 1.29 is 14.4 Å². The smallest absolute Gasteiger partial charge is 0.239 e. The highest BCUT2D eigenvalue weighted by Crippen LogP contribution is 2.27. The topological polar surface area (TPSA) is 93.4 Å². The Hall–Kier alpha value is -1.71. The van der Waals surface area contributed by atoms with E-state index in [2.05, 4.69) is 9.80 Å². The third-order valence-corrected chi connectivity index (χ3v) is 8.53. The summed E-state index contributed by atoms with van der Waals surface area (Å²) >= 11 is 0. The SMILES string of the molecule is NC(C(=O)N1CCN(CC2CCN(CC(=O)N3CCN(C=O)CC3)CC2)CC1)C1CCCCC1. The lowest BCUT2D eigenvalue weighted by Gasteiger charge is -2.40. The number of carbonyl (C=O) groups excluding carboxylic acids is 3. The lowest BCUT2D eigenvalue weighted by Crippen LogP contribution is -2.55. The van der Waals surface area contributed by atoms with Gasteiger partial charge in [-0.1, -0.05) is 19.3 Å². The van der Waals surface area contributed by atoms with Crippen LogP contribution in [0.3, 0.4) is 0 Å². The minimum Gasteiger partial charge on any atom is -0.342 e. The van der Waals surface area contributed by atoms with Crippen LogP contribution in [0, 0.1) is 11.8 Å². The van der Waals surface area contributed by atoms with E-state index in [1.165, 1.54) is 19.3 Å². The first-order chi connectivity index (χ1) is 16.5. The van der Waals surface area contributed by atoms with E-state index in [9.17, 15) is 14.4 Å². The van der Waals surface area contributed by atoms with E-state index in [1.807, 2.05) is 9.80 Å². The molecule has 192 valence electrons. The third-order valence-electron chi connectivity index (χ3n) is 8.53. The van der Waals surface area contributed by atoms with E-state index in [0.29, 0.717) is 44.6 Å². The van der Waals surface area contributed by atoms with Crippen molar-refractivity contribution in [3.8, 4) is 0 Å². The first-order valence-corrected chi connectivity index (χ1v) is 13.5. The number of nitrogens with two attached hydrogens (primary N) is 1. The summed E-state index contributed by atoms with van der Waals surface area (Å²) in [7, 11) is 0. The Labute approximate surface area is 204 Å². The van der Waals surface area contributed by atoms with E-state index in [1.54, 1.807) is 4.90 Å². The van der Waals surface area contributed by atoms with Crippen LogP contribution >= 0.6 is 0 Å². The fraction of sp³-hybridized carbons (Fsp3) is 0.880. The number of carbonyl (C=O) groups is 3. The zero-order valence-corrected chi connectivity index (χ0v) is 20.8. The Balaban J connectivity index is 1.11. The zero-order valence-electron chi connectivity index (χ0n) is 20.8. The molecule has 0 aromatic rings. The van der Waals surface area contributed by atoms with Crippen molar-refractivity contribution in [2.24, 2.45) is 17.6 Å². The van der Waals surface area contributed by atoms with Gasteiger partial charge in [0.2, 0.25) is 18.2 Å². The number of rotatable bonds is 7. The molecule has 4 rings (SSSR count). The van der Waals surface area contributed by atoms with Crippen molar-refractivity contribution in [1.82, 2.24) is 24.5 Å². The summed E-state index contributed by atoms with van der Waals surface area (Å²) in [4.78, 5) is 46.8. The van der Waals surface area contributed by atoms with E-state index in [0.717, 1.165) is 77.9 Å². The van der Waals surface area contributed by atoms with Crippen LogP contribution in [0.1, 0.15) is 44.9 Å². The molecule has 0 radical (unpaired) electrons. The molecule has 9 nitrogen and oxygen atoms in total. The molecule has 3 aliphatic heterocycles. The van der Waals surface area contributed by atoms with Crippen LogP contribution in [0.2, 0.25) is 0 Å². The second kappa shape index (κ2) is 12.3. The van der Waals surface area contributed by atoms with Gasteiger partial charge in [0.15, 0.2) is 0 Å². The lowest BCUT2D eigenvalue weighted by atomic mass is 9.83. The number of likely N-dealkylation sites (tertiary alicyclic amines) is 1. The number of piperidine rings is 1. The second-order valence-corrected chi connectivity index (χ2v) is 10.8. The molecule has 1 unspecified atom stereocenters. The number of nitrogens with zero attached hydrogens (tertiary/aromatic N) is 5. The summed E-state index contributed by atoms with van der Waals surface area (Å²) in [6.45, 7) is 9.57. The number of hydrogen-bond acceptors (Lipinski definition) is 6. The largest absolute Gasteiger partial charge is 0.342 e. The van der Waals surface area contributed by atoms with E-state index in [-0.39, 0.29) is 17.9 Å². The highest BCUT2D eigenvalue weighted by atomic mass is 16.2. The monoisotopic (exact) mass is 476 g/mol. The van der Waals surface area contributed by atoms with Crippen LogP contribution in [-0.2, 0) is 14.4 Å². The molecular weight excluding hydrogens is 432 g/mol. The van der Waals surface area contributed by atoms with Crippen molar-refractivity contribution in [2.75, 3.05) is 78.5 Å². The molecule has 4 aliphatic rings. The second-order valence-electron chi connectivity index (χ2n) is 10.8. The quantitative estimate of drug-likeness (QED) is 0.522.